The average molecular weight is 398 g/mol. The lowest BCUT2D eigenvalue weighted by atomic mass is 10.0. The van der Waals surface area contributed by atoms with Gasteiger partial charge in [0, 0.05) is 16.3 Å². The lowest BCUT2D eigenvalue weighted by Crippen LogP contribution is -2.47. The lowest BCUT2D eigenvalue weighted by Gasteiger charge is -2.32. The fourth-order valence-electron chi connectivity index (χ4n) is 3.48. The second-order valence-electron chi connectivity index (χ2n) is 7.29. The van der Waals surface area contributed by atoms with Gasteiger partial charge in [0.25, 0.3) is 0 Å². The third-order valence-electron chi connectivity index (χ3n) is 4.80. The van der Waals surface area contributed by atoms with Gasteiger partial charge in [0.05, 0.1) is 12.6 Å². The van der Waals surface area contributed by atoms with E-state index in [-0.39, 0.29) is 11.3 Å². The van der Waals surface area contributed by atoms with Gasteiger partial charge in [-0.3, -0.25) is 4.90 Å². The number of nitrogens with zero attached hydrogens (tertiary/aromatic N) is 3. The lowest BCUT2D eigenvalue weighted by molar-refractivity contribution is -0.0421. The number of carboxylic acid groups (broad SMARTS) is 1. The molecule has 2 heterocycles. The zero-order valence-electron chi connectivity index (χ0n) is 16.1. The highest BCUT2D eigenvalue weighted by molar-refractivity contribution is 7.99. The predicted octanol–water partition coefficient (Wildman–Crippen LogP) is 4.60. The minimum atomic E-state index is -0.987. The van der Waals surface area contributed by atoms with E-state index in [0.29, 0.717) is 18.7 Å². The molecule has 0 bridgehead atoms. The summed E-state index contributed by atoms with van der Waals surface area (Å²) < 4.78 is 5.75. The van der Waals surface area contributed by atoms with Crippen molar-refractivity contribution >= 4 is 17.9 Å². The van der Waals surface area contributed by atoms with Gasteiger partial charge in [0.1, 0.15) is 11.8 Å². The molecule has 1 N–H and O–H groups in total. The van der Waals surface area contributed by atoms with E-state index < -0.39 is 11.8 Å². The van der Waals surface area contributed by atoms with Crippen LogP contribution in [0.15, 0.2) is 47.5 Å². The number of carbonyl (C=O) groups is 1. The molecule has 1 aliphatic heterocycles. The van der Waals surface area contributed by atoms with E-state index in [2.05, 4.69) is 11.1 Å². The Hall–Kier alpha value is -2.56. The summed E-state index contributed by atoms with van der Waals surface area (Å²) in [7, 11) is 0. The zero-order valence-corrected chi connectivity index (χ0v) is 16.9. The third kappa shape index (κ3) is 4.29. The molecule has 0 unspecified atom stereocenters. The first kappa shape index (κ1) is 20.2. The number of benzene rings is 1. The van der Waals surface area contributed by atoms with Gasteiger partial charge < -0.3 is 9.84 Å². The second-order valence-corrected chi connectivity index (χ2v) is 8.53. The number of rotatable bonds is 5. The highest BCUT2D eigenvalue weighted by atomic mass is 32.2. The van der Waals surface area contributed by atoms with Gasteiger partial charge in [-0.15, -0.1) is 11.8 Å². The van der Waals surface area contributed by atoms with Crippen LogP contribution in [0.4, 0.5) is 4.79 Å². The van der Waals surface area contributed by atoms with E-state index in [0.717, 1.165) is 16.0 Å². The first-order valence-corrected chi connectivity index (χ1v) is 9.94. The first-order chi connectivity index (χ1) is 13.3. The molecule has 146 valence electrons. The number of hydrogen-bond donors (Lipinski definition) is 1. The van der Waals surface area contributed by atoms with E-state index in [1.54, 1.807) is 31.8 Å². The van der Waals surface area contributed by atoms with Crippen LogP contribution < -0.4 is 0 Å². The van der Waals surface area contributed by atoms with Gasteiger partial charge in [-0.25, -0.2) is 9.78 Å². The van der Waals surface area contributed by atoms with E-state index in [9.17, 15) is 15.2 Å². The Morgan fingerprint density at radius 3 is 2.82 bits per heavy atom. The molecule has 3 rings (SSSR count). The van der Waals surface area contributed by atoms with Crippen LogP contribution in [0.1, 0.15) is 42.3 Å². The monoisotopic (exact) mass is 397 g/mol. The number of amides is 1. The van der Waals surface area contributed by atoms with Crippen molar-refractivity contribution in [1.82, 2.24) is 9.88 Å². The number of thioether (sulfide) groups is 1. The van der Waals surface area contributed by atoms with Crippen molar-refractivity contribution in [1.29, 1.82) is 5.26 Å². The minimum Gasteiger partial charge on any atom is -0.465 e. The third-order valence-corrected chi connectivity index (χ3v) is 6.12. The van der Waals surface area contributed by atoms with Crippen LogP contribution in [-0.4, -0.2) is 39.5 Å². The summed E-state index contributed by atoms with van der Waals surface area (Å²) in [4.78, 5) is 18.3. The molecule has 1 amide bonds. The molecule has 1 saturated heterocycles. The normalized spacial score (nSPS) is 19.2. The first-order valence-electron chi connectivity index (χ1n) is 9.06. The Morgan fingerprint density at radius 2 is 2.18 bits per heavy atom. The highest BCUT2D eigenvalue weighted by Crippen LogP contribution is 2.42. The van der Waals surface area contributed by atoms with Gasteiger partial charge in [-0.05, 0) is 44.4 Å². The standard InChI is InChI=1S/C21H23N3O3S/c1-14-9-19(17(11-22)23-12-14)28-18(15-7-5-4-6-8-15)10-16-13-27-21(2,3)24(16)20(25)26/h4-9,12,16,18H,10,13H2,1-3H3,(H,25,26)/t16-,18+/m0/s1. The predicted molar refractivity (Wildman–Crippen MR) is 107 cm³/mol. The molecule has 1 aromatic heterocycles. The molecule has 28 heavy (non-hydrogen) atoms. The van der Waals surface area contributed by atoms with Crippen molar-refractivity contribution < 1.29 is 14.6 Å². The molecule has 0 saturated carbocycles. The Labute approximate surface area is 169 Å². The SMILES string of the molecule is Cc1cnc(C#N)c(S[C@H](C[C@H]2COC(C)(C)N2C(=O)O)c2ccccc2)c1. The summed E-state index contributed by atoms with van der Waals surface area (Å²) in [5.41, 5.74) is 1.58. The maximum Gasteiger partial charge on any atom is 0.409 e. The highest BCUT2D eigenvalue weighted by Gasteiger charge is 2.44. The van der Waals surface area contributed by atoms with Crippen LogP contribution in [0.2, 0.25) is 0 Å². The summed E-state index contributed by atoms with van der Waals surface area (Å²) in [5.74, 6) is 0. The Kier molecular flexibility index (Phi) is 5.92. The fourth-order valence-corrected chi connectivity index (χ4v) is 4.86. The number of ether oxygens (including phenoxy) is 1. The molecule has 0 spiro atoms. The maximum absolute atomic E-state index is 11.8. The van der Waals surface area contributed by atoms with Crippen LogP contribution in [-0.2, 0) is 4.74 Å². The summed E-state index contributed by atoms with van der Waals surface area (Å²) in [5, 5.41) is 19.1. The molecule has 0 radical (unpaired) electrons. The Bertz CT molecular complexity index is 896. The smallest absolute Gasteiger partial charge is 0.409 e. The van der Waals surface area contributed by atoms with Crippen molar-refractivity contribution in [3.8, 4) is 6.07 Å². The number of nitriles is 1. The van der Waals surface area contributed by atoms with Gasteiger partial charge >= 0.3 is 6.09 Å². The van der Waals surface area contributed by atoms with Crippen LogP contribution in [0.3, 0.4) is 0 Å². The molecule has 2 atom stereocenters. The summed E-state index contributed by atoms with van der Waals surface area (Å²) >= 11 is 1.55. The van der Waals surface area contributed by atoms with Crippen molar-refractivity contribution in [2.24, 2.45) is 0 Å². The summed E-state index contributed by atoms with van der Waals surface area (Å²) in [6, 6.07) is 13.8. The summed E-state index contributed by atoms with van der Waals surface area (Å²) in [6.45, 7) is 5.82. The molecule has 6 nitrogen and oxygen atoms in total. The van der Waals surface area contributed by atoms with Crippen molar-refractivity contribution in [3.05, 3.63) is 59.4 Å². The van der Waals surface area contributed by atoms with Gasteiger partial charge in [0.2, 0.25) is 0 Å². The van der Waals surface area contributed by atoms with Gasteiger partial charge in [-0.2, -0.15) is 5.26 Å². The van der Waals surface area contributed by atoms with Crippen LogP contribution >= 0.6 is 11.8 Å². The fraction of sp³-hybridized carbons (Fsp3) is 0.381. The summed E-state index contributed by atoms with van der Waals surface area (Å²) in [6.07, 6.45) is 1.27. The van der Waals surface area contributed by atoms with E-state index >= 15 is 0 Å². The Balaban J connectivity index is 1.92. The van der Waals surface area contributed by atoms with Crippen LogP contribution in [0.25, 0.3) is 0 Å². The minimum absolute atomic E-state index is 0.0405. The van der Waals surface area contributed by atoms with Crippen LogP contribution in [0.5, 0.6) is 0 Å². The molecule has 2 aromatic rings. The van der Waals surface area contributed by atoms with E-state index in [1.807, 2.05) is 43.3 Å². The number of hydrogen-bond acceptors (Lipinski definition) is 5. The maximum atomic E-state index is 11.8. The van der Waals surface area contributed by atoms with E-state index in [4.69, 9.17) is 4.74 Å². The largest absolute Gasteiger partial charge is 0.465 e. The number of aromatic nitrogens is 1. The molecule has 1 aromatic carbocycles. The molecular formula is C21H23N3O3S. The van der Waals surface area contributed by atoms with Gasteiger partial charge in [0.15, 0.2) is 5.69 Å². The molecule has 7 heteroatoms. The van der Waals surface area contributed by atoms with E-state index in [1.165, 1.54) is 4.90 Å². The molecule has 1 fully saturated rings. The second kappa shape index (κ2) is 8.21. The Morgan fingerprint density at radius 1 is 1.46 bits per heavy atom. The van der Waals surface area contributed by atoms with Crippen molar-refractivity contribution in [2.75, 3.05) is 6.61 Å². The molecule has 1 aliphatic rings. The zero-order chi connectivity index (χ0) is 20.3. The molecule has 0 aliphatic carbocycles. The van der Waals surface area contributed by atoms with Crippen LogP contribution in [0, 0.1) is 18.3 Å². The van der Waals surface area contributed by atoms with Crippen molar-refractivity contribution in [2.45, 2.75) is 49.1 Å². The number of pyridine rings is 1. The van der Waals surface area contributed by atoms with Gasteiger partial charge in [-0.1, -0.05) is 30.3 Å². The quantitative estimate of drug-likeness (QED) is 0.742. The average Bonchev–Trinajstić information content (AvgIpc) is 2.96. The number of aryl methyl sites for hydroxylation is 1. The van der Waals surface area contributed by atoms with Crippen molar-refractivity contribution in [3.63, 3.8) is 0 Å². The topological polar surface area (TPSA) is 86.5 Å². The molecular weight excluding hydrogens is 374 g/mol.